The fourth-order valence-electron chi connectivity index (χ4n) is 1.49. The highest BCUT2D eigenvalue weighted by molar-refractivity contribution is 5.76. The number of ether oxygens (including phenoxy) is 1. The molecule has 0 saturated heterocycles. The van der Waals surface area contributed by atoms with Crippen molar-refractivity contribution in [3.05, 3.63) is 24.0 Å². The van der Waals surface area contributed by atoms with E-state index in [1.54, 1.807) is 12.1 Å². The van der Waals surface area contributed by atoms with Gasteiger partial charge in [0.25, 0.3) is 0 Å². The molecule has 1 aromatic carbocycles. The molecule has 5 heteroatoms. The molecule has 4 nitrogen and oxygen atoms in total. The van der Waals surface area contributed by atoms with E-state index in [9.17, 15) is 9.18 Å². The summed E-state index contributed by atoms with van der Waals surface area (Å²) in [5.74, 6) is -0.237. The number of halogens is 1. The van der Waals surface area contributed by atoms with E-state index >= 15 is 0 Å². The maximum atomic E-state index is 13.4. The standard InChI is InChI=1S/C13H19FN2O2/c1-9(2)16-13(17)6-7-15-10-4-5-12(18-3)11(14)8-10/h4-5,8-9,15H,6-7H2,1-3H3,(H,16,17). The van der Waals surface area contributed by atoms with Gasteiger partial charge in [-0.15, -0.1) is 0 Å². The molecular formula is C13H19FN2O2. The van der Waals surface area contributed by atoms with Crippen molar-refractivity contribution in [2.24, 2.45) is 0 Å². The predicted molar refractivity (Wildman–Crippen MR) is 69.3 cm³/mol. The Balaban J connectivity index is 2.40. The van der Waals surface area contributed by atoms with Gasteiger partial charge in [-0.1, -0.05) is 0 Å². The Morgan fingerprint density at radius 2 is 2.17 bits per heavy atom. The number of hydrogen-bond donors (Lipinski definition) is 2. The zero-order valence-corrected chi connectivity index (χ0v) is 10.9. The molecule has 0 aliphatic heterocycles. The van der Waals surface area contributed by atoms with Crippen LogP contribution in [-0.4, -0.2) is 25.6 Å². The number of methoxy groups -OCH3 is 1. The van der Waals surface area contributed by atoms with Gasteiger partial charge in [0.15, 0.2) is 11.6 Å². The van der Waals surface area contributed by atoms with Crippen molar-refractivity contribution in [3.63, 3.8) is 0 Å². The number of carbonyl (C=O) groups excluding carboxylic acids is 1. The van der Waals surface area contributed by atoms with Crippen LogP contribution in [-0.2, 0) is 4.79 Å². The maximum absolute atomic E-state index is 13.4. The lowest BCUT2D eigenvalue weighted by molar-refractivity contribution is -0.121. The van der Waals surface area contributed by atoms with E-state index in [-0.39, 0.29) is 17.7 Å². The smallest absolute Gasteiger partial charge is 0.221 e. The summed E-state index contributed by atoms with van der Waals surface area (Å²) in [7, 11) is 1.42. The summed E-state index contributed by atoms with van der Waals surface area (Å²) < 4.78 is 18.2. The van der Waals surface area contributed by atoms with E-state index in [0.717, 1.165) is 0 Å². The number of nitrogens with one attached hydrogen (secondary N) is 2. The van der Waals surface area contributed by atoms with E-state index in [1.807, 2.05) is 13.8 Å². The third kappa shape index (κ3) is 4.61. The van der Waals surface area contributed by atoms with Gasteiger partial charge in [0.1, 0.15) is 0 Å². The molecule has 0 unspecified atom stereocenters. The van der Waals surface area contributed by atoms with Gasteiger partial charge in [0.2, 0.25) is 5.91 Å². The van der Waals surface area contributed by atoms with Crippen molar-refractivity contribution in [2.45, 2.75) is 26.3 Å². The highest BCUT2D eigenvalue weighted by Crippen LogP contribution is 2.20. The minimum atomic E-state index is -0.422. The van der Waals surface area contributed by atoms with Crippen LogP contribution in [0.2, 0.25) is 0 Å². The normalized spacial score (nSPS) is 10.3. The van der Waals surface area contributed by atoms with Crippen LogP contribution < -0.4 is 15.4 Å². The lowest BCUT2D eigenvalue weighted by Crippen LogP contribution is -2.31. The fraction of sp³-hybridized carbons (Fsp3) is 0.462. The quantitative estimate of drug-likeness (QED) is 0.818. The first-order valence-corrected chi connectivity index (χ1v) is 5.89. The Bertz CT molecular complexity index is 408. The van der Waals surface area contributed by atoms with Crippen LogP contribution in [0.1, 0.15) is 20.3 Å². The first-order chi connectivity index (χ1) is 8.52. The second-order valence-electron chi connectivity index (χ2n) is 4.25. The molecule has 0 aromatic heterocycles. The number of anilines is 1. The number of amides is 1. The van der Waals surface area contributed by atoms with Crippen molar-refractivity contribution < 1.29 is 13.9 Å². The van der Waals surface area contributed by atoms with Crippen LogP contribution >= 0.6 is 0 Å². The monoisotopic (exact) mass is 254 g/mol. The molecule has 2 N–H and O–H groups in total. The van der Waals surface area contributed by atoms with Crippen molar-refractivity contribution in [1.82, 2.24) is 5.32 Å². The van der Waals surface area contributed by atoms with E-state index in [1.165, 1.54) is 13.2 Å². The summed E-state index contributed by atoms with van der Waals surface area (Å²) >= 11 is 0. The van der Waals surface area contributed by atoms with Gasteiger partial charge < -0.3 is 15.4 Å². The molecule has 1 aromatic rings. The predicted octanol–water partition coefficient (Wildman–Crippen LogP) is 2.16. The van der Waals surface area contributed by atoms with Crippen LogP contribution in [0.4, 0.5) is 10.1 Å². The summed E-state index contributed by atoms with van der Waals surface area (Å²) in [6, 6.07) is 4.74. The Hall–Kier alpha value is -1.78. The van der Waals surface area contributed by atoms with Gasteiger partial charge in [-0.2, -0.15) is 0 Å². The van der Waals surface area contributed by atoms with Crippen molar-refractivity contribution in [3.8, 4) is 5.75 Å². The van der Waals surface area contributed by atoms with Crippen LogP contribution in [0.5, 0.6) is 5.75 Å². The van der Waals surface area contributed by atoms with Gasteiger partial charge in [-0.05, 0) is 26.0 Å². The molecule has 0 heterocycles. The van der Waals surface area contributed by atoms with Crippen LogP contribution in [0.3, 0.4) is 0 Å². The number of carbonyl (C=O) groups is 1. The fourth-order valence-corrected chi connectivity index (χ4v) is 1.49. The molecule has 0 fully saturated rings. The molecule has 0 atom stereocenters. The first kappa shape index (κ1) is 14.3. The lowest BCUT2D eigenvalue weighted by Gasteiger charge is -2.10. The minimum Gasteiger partial charge on any atom is -0.494 e. The third-order valence-electron chi connectivity index (χ3n) is 2.28. The van der Waals surface area contributed by atoms with E-state index in [4.69, 9.17) is 4.74 Å². The van der Waals surface area contributed by atoms with Crippen molar-refractivity contribution in [2.75, 3.05) is 19.0 Å². The average Bonchev–Trinajstić information content (AvgIpc) is 2.28. The molecule has 0 aliphatic rings. The van der Waals surface area contributed by atoms with Gasteiger partial charge in [0, 0.05) is 30.8 Å². The van der Waals surface area contributed by atoms with E-state index in [0.29, 0.717) is 18.7 Å². The number of hydrogen-bond acceptors (Lipinski definition) is 3. The molecule has 18 heavy (non-hydrogen) atoms. The molecule has 1 amide bonds. The Kier molecular flexibility index (Phi) is 5.42. The average molecular weight is 254 g/mol. The molecule has 0 radical (unpaired) electrons. The zero-order valence-electron chi connectivity index (χ0n) is 10.9. The summed E-state index contributed by atoms with van der Waals surface area (Å²) in [5.41, 5.74) is 0.630. The number of benzene rings is 1. The maximum Gasteiger partial charge on any atom is 0.221 e. The number of rotatable bonds is 6. The molecular weight excluding hydrogens is 235 g/mol. The van der Waals surface area contributed by atoms with Gasteiger partial charge in [0.05, 0.1) is 7.11 Å². The molecule has 1 rings (SSSR count). The Morgan fingerprint density at radius 3 is 2.72 bits per heavy atom. The second-order valence-corrected chi connectivity index (χ2v) is 4.25. The highest BCUT2D eigenvalue weighted by Gasteiger charge is 2.05. The van der Waals surface area contributed by atoms with Crippen LogP contribution in [0.25, 0.3) is 0 Å². The molecule has 0 bridgehead atoms. The summed E-state index contributed by atoms with van der Waals surface area (Å²) in [6.07, 6.45) is 0.353. The second kappa shape index (κ2) is 6.83. The van der Waals surface area contributed by atoms with Crippen LogP contribution in [0.15, 0.2) is 18.2 Å². The summed E-state index contributed by atoms with van der Waals surface area (Å²) in [6.45, 7) is 4.28. The summed E-state index contributed by atoms with van der Waals surface area (Å²) in [5, 5.41) is 5.77. The molecule has 0 saturated carbocycles. The Morgan fingerprint density at radius 1 is 1.44 bits per heavy atom. The highest BCUT2D eigenvalue weighted by atomic mass is 19.1. The minimum absolute atomic E-state index is 0.0218. The van der Waals surface area contributed by atoms with Gasteiger partial charge >= 0.3 is 0 Å². The van der Waals surface area contributed by atoms with Crippen LogP contribution in [0, 0.1) is 5.82 Å². The Labute approximate surface area is 107 Å². The SMILES string of the molecule is COc1ccc(NCCC(=O)NC(C)C)cc1F. The summed E-state index contributed by atoms with van der Waals surface area (Å²) in [4.78, 5) is 11.4. The van der Waals surface area contributed by atoms with Gasteiger partial charge in [-0.25, -0.2) is 4.39 Å². The van der Waals surface area contributed by atoms with E-state index < -0.39 is 5.82 Å². The van der Waals surface area contributed by atoms with Crippen molar-refractivity contribution in [1.29, 1.82) is 0 Å². The zero-order chi connectivity index (χ0) is 13.5. The third-order valence-corrected chi connectivity index (χ3v) is 2.28. The lowest BCUT2D eigenvalue weighted by atomic mass is 10.2. The first-order valence-electron chi connectivity index (χ1n) is 5.89. The van der Waals surface area contributed by atoms with Crippen molar-refractivity contribution >= 4 is 11.6 Å². The topological polar surface area (TPSA) is 50.4 Å². The molecule has 0 spiro atoms. The van der Waals surface area contributed by atoms with E-state index in [2.05, 4.69) is 10.6 Å². The largest absolute Gasteiger partial charge is 0.494 e. The molecule has 0 aliphatic carbocycles. The molecule has 100 valence electrons. The van der Waals surface area contributed by atoms with Gasteiger partial charge in [-0.3, -0.25) is 4.79 Å².